The fraction of sp³-hybridized carbons (Fsp3) is 0.750. The molecule has 1 amide bonds. The standard InChI is InChI=1S/C28H39N3O2/c1-17(31-26(32)25-9-4-18(15-29)16-30-25)23-7-8-24-22-6-5-19-14-27(2,33)12-10-20(19)21(22)11-13-28(23,24)3/h4,9,16-17,19-24,33H,5-8,10-14H2,1-3H3,(H,31,32)/t17-,19+,20-,21+,22+,23?,24-,27+,28+/m0/s1. The van der Waals surface area contributed by atoms with E-state index in [4.69, 9.17) is 5.26 Å². The predicted octanol–water partition coefficient (Wildman–Crippen LogP) is 5.09. The van der Waals surface area contributed by atoms with Crippen molar-refractivity contribution in [1.29, 1.82) is 5.26 Å². The minimum absolute atomic E-state index is 0.114. The molecular formula is C28H39N3O2. The van der Waals surface area contributed by atoms with Crippen LogP contribution in [0, 0.1) is 52.3 Å². The SMILES string of the molecule is C[C@H](NC(=O)c1ccc(C#N)cn1)C1CC[C@H]2[C@@H]3CC[C@@H]4C[C@](C)(O)CC[C@@H]4[C@H]3CC[C@]12C. The van der Waals surface area contributed by atoms with Gasteiger partial charge in [0.05, 0.1) is 11.2 Å². The molecule has 0 bridgehead atoms. The van der Waals surface area contributed by atoms with Crippen LogP contribution in [0.3, 0.4) is 0 Å². The molecule has 5 heteroatoms. The molecule has 178 valence electrons. The van der Waals surface area contributed by atoms with Crippen molar-refractivity contribution in [3.05, 3.63) is 29.6 Å². The number of aliphatic hydroxyl groups is 1. The van der Waals surface area contributed by atoms with E-state index >= 15 is 0 Å². The van der Waals surface area contributed by atoms with Crippen LogP contribution in [0.5, 0.6) is 0 Å². The van der Waals surface area contributed by atoms with E-state index in [1.54, 1.807) is 12.1 Å². The molecule has 2 N–H and O–H groups in total. The maximum absolute atomic E-state index is 12.8. The fourth-order valence-electron chi connectivity index (χ4n) is 8.92. The normalized spacial score (nSPS) is 42.9. The van der Waals surface area contributed by atoms with Gasteiger partial charge in [-0.1, -0.05) is 6.92 Å². The highest BCUT2D eigenvalue weighted by molar-refractivity contribution is 5.92. The van der Waals surface area contributed by atoms with E-state index < -0.39 is 5.60 Å². The number of carbonyl (C=O) groups excluding carboxylic acids is 1. The van der Waals surface area contributed by atoms with Crippen LogP contribution in [-0.2, 0) is 0 Å². The Morgan fingerprint density at radius 3 is 2.64 bits per heavy atom. The Hall–Kier alpha value is -1.93. The van der Waals surface area contributed by atoms with Gasteiger partial charge in [-0.15, -0.1) is 0 Å². The number of aromatic nitrogens is 1. The van der Waals surface area contributed by atoms with E-state index in [1.807, 2.05) is 6.92 Å². The Morgan fingerprint density at radius 1 is 1.12 bits per heavy atom. The molecule has 9 atom stereocenters. The average Bonchev–Trinajstić information content (AvgIpc) is 3.15. The van der Waals surface area contributed by atoms with Gasteiger partial charge in [0.1, 0.15) is 11.8 Å². The third-order valence-corrected chi connectivity index (χ3v) is 10.4. The Morgan fingerprint density at radius 2 is 1.91 bits per heavy atom. The molecule has 0 aliphatic heterocycles. The monoisotopic (exact) mass is 449 g/mol. The highest BCUT2D eigenvalue weighted by Gasteiger charge is 2.58. The van der Waals surface area contributed by atoms with Crippen LogP contribution in [0.15, 0.2) is 18.3 Å². The molecular weight excluding hydrogens is 410 g/mol. The fourth-order valence-corrected chi connectivity index (χ4v) is 8.92. The summed E-state index contributed by atoms with van der Waals surface area (Å²) >= 11 is 0. The maximum atomic E-state index is 12.8. The summed E-state index contributed by atoms with van der Waals surface area (Å²) in [5.74, 6) is 4.31. The van der Waals surface area contributed by atoms with Crippen LogP contribution in [-0.4, -0.2) is 27.6 Å². The van der Waals surface area contributed by atoms with E-state index in [0.717, 1.165) is 42.4 Å². The van der Waals surface area contributed by atoms with Crippen LogP contribution in [0.25, 0.3) is 0 Å². The van der Waals surface area contributed by atoms with Gasteiger partial charge < -0.3 is 10.4 Å². The van der Waals surface area contributed by atoms with Crippen LogP contribution < -0.4 is 5.32 Å². The topological polar surface area (TPSA) is 86.0 Å². The van der Waals surface area contributed by atoms with Gasteiger partial charge in [-0.3, -0.25) is 4.79 Å². The molecule has 4 aliphatic carbocycles. The summed E-state index contributed by atoms with van der Waals surface area (Å²) < 4.78 is 0. The van der Waals surface area contributed by atoms with Crippen molar-refractivity contribution >= 4 is 5.91 Å². The second-order valence-corrected chi connectivity index (χ2v) is 12.2. The summed E-state index contributed by atoms with van der Waals surface area (Å²) in [6.07, 6.45) is 12.3. The maximum Gasteiger partial charge on any atom is 0.270 e. The molecule has 33 heavy (non-hydrogen) atoms. The second kappa shape index (κ2) is 8.38. The molecule has 1 heterocycles. The number of hydrogen-bond acceptors (Lipinski definition) is 4. The molecule has 0 aromatic carbocycles. The summed E-state index contributed by atoms with van der Waals surface area (Å²) in [4.78, 5) is 17.0. The molecule has 5 rings (SSSR count). The lowest BCUT2D eigenvalue weighted by atomic mass is 9.49. The third-order valence-electron chi connectivity index (χ3n) is 10.4. The molecule has 4 aliphatic rings. The lowest BCUT2D eigenvalue weighted by Crippen LogP contribution is -2.52. The van der Waals surface area contributed by atoms with Gasteiger partial charge in [0.2, 0.25) is 0 Å². The number of amides is 1. The van der Waals surface area contributed by atoms with E-state index in [2.05, 4.69) is 30.2 Å². The minimum Gasteiger partial charge on any atom is -0.390 e. The first-order chi connectivity index (χ1) is 15.7. The number of rotatable bonds is 3. The summed E-state index contributed by atoms with van der Waals surface area (Å²) in [7, 11) is 0. The highest BCUT2D eigenvalue weighted by Crippen LogP contribution is 2.65. The number of nitriles is 1. The lowest BCUT2D eigenvalue weighted by molar-refractivity contribution is -0.101. The van der Waals surface area contributed by atoms with Gasteiger partial charge >= 0.3 is 0 Å². The van der Waals surface area contributed by atoms with Crippen LogP contribution in [0.1, 0.15) is 94.6 Å². The second-order valence-electron chi connectivity index (χ2n) is 12.2. The minimum atomic E-state index is -0.451. The molecule has 1 aromatic rings. The molecule has 0 spiro atoms. The summed E-state index contributed by atoms with van der Waals surface area (Å²) in [5, 5.41) is 22.8. The smallest absolute Gasteiger partial charge is 0.270 e. The van der Waals surface area contributed by atoms with Crippen molar-refractivity contribution in [3.8, 4) is 6.07 Å². The molecule has 1 aromatic heterocycles. The van der Waals surface area contributed by atoms with Gasteiger partial charge in [0.25, 0.3) is 5.91 Å². The quantitative estimate of drug-likeness (QED) is 0.673. The van der Waals surface area contributed by atoms with Crippen LogP contribution in [0.4, 0.5) is 0 Å². The number of hydrogen-bond donors (Lipinski definition) is 2. The molecule has 0 saturated heterocycles. The summed E-state index contributed by atoms with van der Waals surface area (Å²) in [6.45, 7) is 6.72. The largest absolute Gasteiger partial charge is 0.390 e. The van der Waals surface area contributed by atoms with Gasteiger partial charge in [-0.05, 0) is 125 Å². The first-order valence-corrected chi connectivity index (χ1v) is 13.1. The zero-order valence-electron chi connectivity index (χ0n) is 20.4. The number of nitrogens with zero attached hydrogens (tertiary/aromatic N) is 2. The zero-order valence-corrected chi connectivity index (χ0v) is 20.4. The Bertz CT molecular complexity index is 935. The van der Waals surface area contributed by atoms with Crippen molar-refractivity contribution in [2.75, 3.05) is 0 Å². The number of carbonyl (C=O) groups is 1. The molecule has 0 radical (unpaired) electrons. The van der Waals surface area contributed by atoms with Crippen molar-refractivity contribution in [2.45, 2.75) is 90.2 Å². The van der Waals surface area contributed by atoms with Gasteiger partial charge in [-0.25, -0.2) is 4.98 Å². The van der Waals surface area contributed by atoms with Gasteiger partial charge in [0, 0.05) is 12.2 Å². The third kappa shape index (κ3) is 3.99. The Kier molecular flexibility index (Phi) is 5.80. The van der Waals surface area contributed by atoms with Crippen molar-refractivity contribution < 1.29 is 9.90 Å². The van der Waals surface area contributed by atoms with E-state index in [9.17, 15) is 9.90 Å². The highest BCUT2D eigenvalue weighted by atomic mass is 16.3. The Balaban J connectivity index is 1.27. The van der Waals surface area contributed by atoms with Crippen LogP contribution in [0.2, 0.25) is 0 Å². The van der Waals surface area contributed by atoms with Gasteiger partial charge in [-0.2, -0.15) is 5.26 Å². The zero-order chi connectivity index (χ0) is 23.4. The number of nitrogens with one attached hydrogen (secondary N) is 1. The van der Waals surface area contributed by atoms with E-state index in [-0.39, 0.29) is 11.9 Å². The van der Waals surface area contributed by atoms with Crippen LogP contribution >= 0.6 is 0 Å². The molecule has 5 nitrogen and oxygen atoms in total. The number of fused-ring (bicyclic) bond motifs is 5. The van der Waals surface area contributed by atoms with Gasteiger partial charge in [0.15, 0.2) is 0 Å². The first kappa shape index (κ1) is 22.8. The lowest BCUT2D eigenvalue weighted by Gasteiger charge is -2.57. The van der Waals surface area contributed by atoms with Crippen molar-refractivity contribution in [3.63, 3.8) is 0 Å². The first-order valence-electron chi connectivity index (χ1n) is 13.1. The predicted molar refractivity (Wildman–Crippen MR) is 127 cm³/mol. The van der Waals surface area contributed by atoms with E-state index in [0.29, 0.717) is 22.6 Å². The van der Waals surface area contributed by atoms with E-state index in [1.165, 1.54) is 51.1 Å². The summed E-state index contributed by atoms with van der Waals surface area (Å²) in [6, 6.07) is 5.46. The summed E-state index contributed by atoms with van der Waals surface area (Å²) in [5.41, 5.74) is 0.695. The molecule has 4 saturated carbocycles. The Labute approximate surface area is 198 Å². The van der Waals surface area contributed by atoms with Crippen molar-refractivity contribution in [2.24, 2.45) is 40.9 Å². The number of pyridine rings is 1. The van der Waals surface area contributed by atoms with Crippen molar-refractivity contribution in [1.82, 2.24) is 10.3 Å². The molecule has 1 unspecified atom stereocenters. The average molecular weight is 450 g/mol. The molecule has 4 fully saturated rings.